The second-order valence-electron chi connectivity index (χ2n) is 10.2. The van der Waals surface area contributed by atoms with Crippen LogP contribution in [0.5, 0.6) is 11.5 Å². The highest BCUT2D eigenvalue weighted by Crippen LogP contribution is 2.65. The summed E-state index contributed by atoms with van der Waals surface area (Å²) in [6, 6.07) is 3.19. The number of carbonyl (C=O) groups is 3. The Hall–Kier alpha value is -2.95. The molecule has 1 spiro atoms. The molecule has 0 amide bonds. The lowest BCUT2D eigenvalue weighted by Gasteiger charge is -2.61. The quantitative estimate of drug-likeness (QED) is 0.403. The number of aliphatic hydroxyl groups excluding tert-OH is 1. The lowest BCUT2D eigenvalue weighted by molar-refractivity contribution is -0.171. The molecule has 0 radical (unpaired) electrons. The monoisotopic (exact) mass is 487 g/mol. The minimum absolute atomic E-state index is 0.0655. The number of carboxylic acids is 1. The maximum atomic E-state index is 13.1. The third kappa shape index (κ3) is 3.30. The molecule has 6 atom stereocenters. The highest BCUT2D eigenvalue weighted by atomic mass is 16.6. The number of carbonyl (C=O) groups excluding carboxylic acids is 2. The van der Waals surface area contributed by atoms with Crippen LogP contribution in [0.3, 0.4) is 0 Å². The number of likely N-dealkylation sites (N-methyl/N-ethyl adjacent to an activating group) is 1. The maximum Gasteiger partial charge on any atom is 0.315 e. The van der Waals surface area contributed by atoms with Gasteiger partial charge in [0.25, 0.3) is 0 Å². The van der Waals surface area contributed by atoms with Crippen molar-refractivity contribution in [3.63, 3.8) is 0 Å². The summed E-state index contributed by atoms with van der Waals surface area (Å²) in [6.45, 7) is 1.91. The highest BCUT2D eigenvalue weighted by molar-refractivity contribution is 5.89. The number of phenols is 1. The van der Waals surface area contributed by atoms with Crippen LogP contribution in [0.4, 0.5) is 0 Å². The molecule has 2 bridgehead atoms. The summed E-state index contributed by atoms with van der Waals surface area (Å²) in [5.74, 6) is -3.82. The molecule has 0 aromatic heterocycles. The van der Waals surface area contributed by atoms with E-state index >= 15 is 0 Å². The molecule has 4 N–H and O–H groups in total. The van der Waals surface area contributed by atoms with Crippen LogP contribution in [-0.2, 0) is 31.0 Å². The SMILES string of the molecule is C[C@H](O)C(=O)C[C@@H](CC(=O)O)C(=O)OC1=CC[C@@]2(O)[C@H]3Cc4ccc(O)c5c4[C@@]2(CCN3C)[C@H]1O5. The Balaban J connectivity index is 1.52. The molecule has 1 aromatic carbocycles. The average molecular weight is 488 g/mol. The second kappa shape index (κ2) is 8.04. The molecule has 2 heterocycles. The second-order valence-corrected chi connectivity index (χ2v) is 10.2. The molecule has 0 unspecified atom stereocenters. The van der Waals surface area contributed by atoms with E-state index in [2.05, 4.69) is 4.90 Å². The molecule has 4 aliphatic rings. The lowest BCUT2D eigenvalue weighted by Crippen LogP contribution is -2.74. The molecule has 0 saturated carbocycles. The number of aromatic hydroxyl groups is 1. The number of ether oxygens (including phenoxy) is 2. The van der Waals surface area contributed by atoms with Crippen LogP contribution in [0.25, 0.3) is 0 Å². The molecule has 1 aromatic rings. The van der Waals surface area contributed by atoms with Gasteiger partial charge in [0.1, 0.15) is 11.9 Å². The van der Waals surface area contributed by atoms with Crippen LogP contribution in [0.1, 0.15) is 43.7 Å². The van der Waals surface area contributed by atoms with E-state index in [1.54, 1.807) is 12.1 Å². The van der Waals surface area contributed by atoms with Crippen molar-refractivity contribution in [2.75, 3.05) is 13.6 Å². The van der Waals surface area contributed by atoms with Gasteiger partial charge in [0.15, 0.2) is 23.4 Å². The Kier molecular flexibility index (Phi) is 5.46. The maximum absolute atomic E-state index is 13.1. The predicted molar refractivity (Wildman–Crippen MR) is 120 cm³/mol. The molecule has 10 heteroatoms. The molecular weight excluding hydrogens is 458 g/mol. The summed E-state index contributed by atoms with van der Waals surface area (Å²) >= 11 is 0. The number of esters is 1. The van der Waals surface area contributed by atoms with Crippen LogP contribution >= 0.6 is 0 Å². The number of piperidine rings is 1. The molecule has 5 rings (SSSR count). The number of phenolic OH excluding ortho intramolecular Hbond substituents is 1. The van der Waals surface area contributed by atoms with E-state index in [9.17, 15) is 34.8 Å². The average Bonchev–Trinajstić information content (AvgIpc) is 3.15. The molecule has 2 aliphatic carbocycles. The van der Waals surface area contributed by atoms with E-state index in [-0.39, 0.29) is 29.7 Å². The van der Waals surface area contributed by atoms with Crippen molar-refractivity contribution >= 4 is 17.7 Å². The number of aliphatic hydroxyl groups is 2. The van der Waals surface area contributed by atoms with Crippen LogP contribution in [0, 0.1) is 5.92 Å². The van der Waals surface area contributed by atoms with Gasteiger partial charge in [-0.25, -0.2) is 0 Å². The van der Waals surface area contributed by atoms with E-state index in [1.807, 2.05) is 13.1 Å². The minimum Gasteiger partial charge on any atom is -0.504 e. The number of nitrogens with zero attached hydrogens (tertiary/aromatic N) is 1. The number of hydrogen-bond donors (Lipinski definition) is 4. The first kappa shape index (κ1) is 23.8. The summed E-state index contributed by atoms with van der Waals surface area (Å²) in [4.78, 5) is 38.6. The van der Waals surface area contributed by atoms with Crippen molar-refractivity contribution < 1.29 is 44.3 Å². The first-order chi connectivity index (χ1) is 16.5. The van der Waals surface area contributed by atoms with Gasteiger partial charge in [-0.05, 0) is 51.1 Å². The third-order valence-electron chi connectivity index (χ3n) is 8.24. The van der Waals surface area contributed by atoms with Gasteiger partial charge >= 0.3 is 11.9 Å². The standard InChI is InChI=1S/C25H29NO9/c1-12(27)16(29)9-14(11-19(30)31)23(32)34-17-5-6-25(33)18-10-13-3-4-15(28)21-20(13)24(25,22(17)35-21)7-8-26(18)2/h3-5,12,14,18,22,27-28,33H,6-11H2,1-2H3,(H,30,31)/t12-,14-,18+,22-,24-,25+/m0/s1. The summed E-state index contributed by atoms with van der Waals surface area (Å²) in [7, 11) is 1.96. The molecular formula is C25H29NO9. The molecule has 2 aliphatic heterocycles. The number of Topliss-reactive ketones (excluding diaryl/α,β-unsaturated/α-hetero) is 1. The van der Waals surface area contributed by atoms with Gasteiger partial charge in [0, 0.05) is 24.4 Å². The summed E-state index contributed by atoms with van der Waals surface area (Å²) in [6.07, 6.45) is -0.504. The largest absolute Gasteiger partial charge is 0.504 e. The van der Waals surface area contributed by atoms with Crippen molar-refractivity contribution in [2.24, 2.45) is 5.92 Å². The van der Waals surface area contributed by atoms with Crippen LogP contribution < -0.4 is 4.74 Å². The number of ketones is 1. The third-order valence-corrected chi connectivity index (χ3v) is 8.24. The molecule has 188 valence electrons. The fourth-order valence-electron chi connectivity index (χ4n) is 6.50. The van der Waals surface area contributed by atoms with E-state index in [0.29, 0.717) is 19.4 Å². The van der Waals surface area contributed by atoms with Gasteiger partial charge in [-0.1, -0.05) is 6.07 Å². The first-order valence-electron chi connectivity index (χ1n) is 11.8. The van der Waals surface area contributed by atoms with Gasteiger partial charge in [0.05, 0.1) is 23.4 Å². The van der Waals surface area contributed by atoms with Crippen LogP contribution in [-0.4, -0.2) is 80.5 Å². The fraction of sp³-hybridized carbons (Fsp3) is 0.560. The zero-order valence-electron chi connectivity index (χ0n) is 19.6. The molecule has 1 fully saturated rings. The fourth-order valence-corrected chi connectivity index (χ4v) is 6.50. The summed E-state index contributed by atoms with van der Waals surface area (Å²) < 4.78 is 11.9. The predicted octanol–water partition coefficient (Wildman–Crippen LogP) is 0.644. The smallest absolute Gasteiger partial charge is 0.315 e. The van der Waals surface area contributed by atoms with Crippen molar-refractivity contribution in [3.05, 3.63) is 35.1 Å². The number of aliphatic carboxylic acids is 1. The molecule has 1 saturated heterocycles. The number of benzene rings is 1. The molecule has 35 heavy (non-hydrogen) atoms. The Morgan fingerprint density at radius 2 is 2.03 bits per heavy atom. The number of hydrogen-bond acceptors (Lipinski definition) is 9. The number of rotatable bonds is 7. The Morgan fingerprint density at radius 1 is 1.29 bits per heavy atom. The highest BCUT2D eigenvalue weighted by Gasteiger charge is 2.72. The van der Waals surface area contributed by atoms with Gasteiger partial charge in [-0.3, -0.25) is 14.4 Å². The summed E-state index contributed by atoms with van der Waals surface area (Å²) in [5, 5.41) is 41.5. The Labute approximate surface area is 201 Å². The van der Waals surface area contributed by atoms with Crippen LogP contribution in [0.2, 0.25) is 0 Å². The Morgan fingerprint density at radius 3 is 2.71 bits per heavy atom. The molecule has 10 nitrogen and oxygen atoms in total. The van der Waals surface area contributed by atoms with Crippen molar-refractivity contribution in [3.8, 4) is 11.5 Å². The number of carboxylic acid groups (broad SMARTS) is 1. The van der Waals surface area contributed by atoms with Gasteiger partial charge in [-0.15, -0.1) is 0 Å². The van der Waals surface area contributed by atoms with Crippen molar-refractivity contribution in [1.29, 1.82) is 0 Å². The van der Waals surface area contributed by atoms with E-state index in [1.165, 1.54) is 6.92 Å². The summed E-state index contributed by atoms with van der Waals surface area (Å²) in [5.41, 5.74) is -0.480. The first-order valence-corrected chi connectivity index (χ1v) is 11.8. The lowest BCUT2D eigenvalue weighted by atomic mass is 9.50. The Bertz CT molecular complexity index is 1140. The van der Waals surface area contributed by atoms with E-state index < -0.39 is 59.7 Å². The van der Waals surface area contributed by atoms with E-state index in [4.69, 9.17) is 9.47 Å². The number of likely N-dealkylation sites (tertiary alicyclic amines) is 1. The van der Waals surface area contributed by atoms with Gasteiger partial charge < -0.3 is 34.8 Å². The zero-order chi connectivity index (χ0) is 25.3. The van der Waals surface area contributed by atoms with Gasteiger partial charge in [0.2, 0.25) is 0 Å². The van der Waals surface area contributed by atoms with Crippen molar-refractivity contribution in [2.45, 2.75) is 68.3 Å². The van der Waals surface area contributed by atoms with Crippen molar-refractivity contribution in [1.82, 2.24) is 4.90 Å². The normalized spacial score (nSPS) is 32.1. The van der Waals surface area contributed by atoms with Gasteiger partial charge in [-0.2, -0.15) is 0 Å². The topological polar surface area (TPSA) is 154 Å². The minimum atomic E-state index is -1.34. The van der Waals surface area contributed by atoms with E-state index in [0.717, 1.165) is 11.1 Å². The zero-order valence-corrected chi connectivity index (χ0v) is 19.6. The van der Waals surface area contributed by atoms with Crippen LogP contribution in [0.15, 0.2) is 24.0 Å².